The summed E-state index contributed by atoms with van der Waals surface area (Å²) in [6, 6.07) is 0. The van der Waals surface area contributed by atoms with Crippen LogP contribution in [0.3, 0.4) is 0 Å². The Balaban J connectivity index is 1.85. The third kappa shape index (κ3) is 3.99. The van der Waals surface area contributed by atoms with Crippen LogP contribution >= 0.6 is 11.8 Å². The van der Waals surface area contributed by atoms with Crippen molar-refractivity contribution >= 4 is 17.7 Å². The van der Waals surface area contributed by atoms with E-state index in [0.717, 1.165) is 36.8 Å². The fraction of sp³-hybridized carbons (Fsp3) is 0.714. The molecule has 5 nitrogen and oxygen atoms in total. The number of aliphatic hydroxyl groups excluding tert-OH is 1. The van der Waals surface area contributed by atoms with Crippen LogP contribution < -0.4 is 0 Å². The summed E-state index contributed by atoms with van der Waals surface area (Å²) in [5.41, 5.74) is 0.770. The molecule has 0 atom stereocenters. The highest BCUT2D eigenvalue weighted by molar-refractivity contribution is 7.99. The van der Waals surface area contributed by atoms with Crippen molar-refractivity contribution in [1.29, 1.82) is 0 Å². The summed E-state index contributed by atoms with van der Waals surface area (Å²) in [6.07, 6.45) is 7.66. The number of rotatable bonds is 4. The molecule has 0 spiro atoms. The highest BCUT2D eigenvalue weighted by atomic mass is 32.2. The van der Waals surface area contributed by atoms with Crippen LogP contribution in [-0.2, 0) is 18.4 Å². The molecule has 6 heteroatoms. The van der Waals surface area contributed by atoms with Crippen molar-refractivity contribution in [3.05, 3.63) is 11.9 Å². The molecule has 1 fully saturated rings. The smallest absolute Gasteiger partial charge is 0.233 e. The summed E-state index contributed by atoms with van der Waals surface area (Å²) < 4.78 is 1.84. The Morgan fingerprint density at radius 2 is 1.95 bits per heavy atom. The summed E-state index contributed by atoms with van der Waals surface area (Å²) in [7, 11) is 1.86. The lowest BCUT2D eigenvalue weighted by atomic mass is 10.1. The van der Waals surface area contributed by atoms with Crippen LogP contribution in [0.15, 0.2) is 11.4 Å². The van der Waals surface area contributed by atoms with E-state index in [4.69, 9.17) is 5.11 Å². The van der Waals surface area contributed by atoms with Gasteiger partial charge in [0.2, 0.25) is 5.91 Å². The van der Waals surface area contributed by atoms with Crippen molar-refractivity contribution in [2.45, 2.75) is 43.9 Å². The Morgan fingerprint density at radius 1 is 1.30 bits per heavy atom. The van der Waals surface area contributed by atoms with E-state index in [1.54, 1.807) is 6.20 Å². The van der Waals surface area contributed by atoms with Crippen molar-refractivity contribution < 1.29 is 9.90 Å². The molecule has 2 rings (SSSR count). The Bertz CT molecular complexity index is 440. The monoisotopic (exact) mass is 297 g/mol. The van der Waals surface area contributed by atoms with Gasteiger partial charge in [0.1, 0.15) is 0 Å². The van der Waals surface area contributed by atoms with Gasteiger partial charge in [-0.2, -0.15) is 0 Å². The van der Waals surface area contributed by atoms with Crippen LogP contribution in [0.5, 0.6) is 0 Å². The number of carbonyl (C=O) groups is 1. The van der Waals surface area contributed by atoms with E-state index < -0.39 is 0 Å². The van der Waals surface area contributed by atoms with Gasteiger partial charge in [-0.3, -0.25) is 4.79 Å². The number of carbonyl (C=O) groups excluding carboxylic acids is 1. The number of thioether (sulfide) groups is 1. The van der Waals surface area contributed by atoms with Gasteiger partial charge < -0.3 is 14.6 Å². The second-order valence-corrected chi connectivity index (χ2v) is 6.13. The van der Waals surface area contributed by atoms with Crippen LogP contribution in [-0.4, -0.2) is 44.3 Å². The lowest BCUT2D eigenvalue weighted by molar-refractivity contribution is -0.128. The second-order valence-electron chi connectivity index (χ2n) is 5.19. The number of hydrogen-bond acceptors (Lipinski definition) is 4. The maximum Gasteiger partial charge on any atom is 0.233 e. The molecule has 1 aromatic heterocycles. The van der Waals surface area contributed by atoms with Gasteiger partial charge in [0.15, 0.2) is 5.16 Å². The minimum Gasteiger partial charge on any atom is -0.390 e. The molecule has 20 heavy (non-hydrogen) atoms. The maximum absolute atomic E-state index is 12.2. The first-order valence-electron chi connectivity index (χ1n) is 7.24. The fourth-order valence-electron chi connectivity index (χ4n) is 2.42. The quantitative estimate of drug-likeness (QED) is 0.861. The first-order chi connectivity index (χ1) is 9.72. The van der Waals surface area contributed by atoms with Crippen molar-refractivity contribution in [1.82, 2.24) is 14.5 Å². The number of likely N-dealkylation sites (tertiary alicyclic amines) is 1. The van der Waals surface area contributed by atoms with Crippen molar-refractivity contribution in [3.63, 3.8) is 0 Å². The standard InChI is InChI=1S/C14H23N3O2S/c1-16-12(10-18)9-15-14(16)20-11-13(19)17-7-5-3-2-4-6-8-17/h9,18H,2-8,10-11H2,1H3. The average Bonchev–Trinajstić information content (AvgIpc) is 2.76. The van der Waals surface area contributed by atoms with Crippen molar-refractivity contribution in [3.8, 4) is 0 Å². The highest BCUT2D eigenvalue weighted by Crippen LogP contribution is 2.19. The normalized spacial score (nSPS) is 16.8. The van der Waals surface area contributed by atoms with E-state index in [1.165, 1.54) is 31.0 Å². The fourth-order valence-corrected chi connectivity index (χ4v) is 3.29. The lowest BCUT2D eigenvalue weighted by Crippen LogP contribution is -2.35. The Labute approximate surface area is 124 Å². The maximum atomic E-state index is 12.2. The topological polar surface area (TPSA) is 58.4 Å². The number of imidazole rings is 1. The Kier molecular flexibility index (Phi) is 5.91. The highest BCUT2D eigenvalue weighted by Gasteiger charge is 2.16. The molecule has 0 radical (unpaired) electrons. The van der Waals surface area contributed by atoms with Gasteiger partial charge in [0.05, 0.1) is 24.3 Å². The summed E-state index contributed by atoms with van der Waals surface area (Å²) in [5, 5.41) is 9.91. The first-order valence-corrected chi connectivity index (χ1v) is 8.23. The first kappa shape index (κ1) is 15.4. The molecule has 0 bridgehead atoms. The van der Waals surface area contributed by atoms with Gasteiger partial charge in [-0.05, 0) is 12.8 Å². The van der Waals surface area contributed by atoms with E-state index in [0.29, 0.717) is 5.75 Å². The molecule has 0 aliphatic carbocycles. The molecule has 1 aromatic rings. The van der Waals surface area contributed by atoms with E-state index >= 15 is 0 Å². The summed E-state index contributed by atoms with van der Waals surface area (Å²) >= 11 is 1.45. The molecular formula is C14H23N3O2S. The molecule has 0 unspecified atom stereocenters. The van der Waals surface area contributed by atoms with E-state index in [2.05, 4.69) is 4.98 Å². The van der Waals surface area contributed by atoms with Gasteiger partial charge in [-0.25, -0.2) is 4.98 Å². The molecule has 0 saturated carbocycles. The summed E-state index contributed by atoms with van der Waals surface area (Å²) in [6.45, 7) is 1.76. The zero-order valence-corrected chi connectivity index (χ0v) is 12.9. The van der Waals surface area contributed by atoms with Crippen molar-refractivity contribution in [2.24, 2.45) is 7.05 Å². The number of aliphatic hydroxyl groups is 1. The molecule has 2 heterocycles. The molecule has 1 saturated heterocycles. The van der Waals surface area contributed by atoms with Gasteiger partial charge >= 0.3 is 0 Å². The minimum atomic E-state index is -0.0237. The van der Waals surface area contributed by atoms with Crippen LogP contribution in [0.25, 0.3) is 0 Å². The number of amides is 1. The average molecular weight is 297 g/mol. The van der Waals surface area contributed by atoms with Crippen LogP contribution in [0.2, 0.25) is 0 Å². The second kappa shape index (κ2) is 7.69. The SMILES string of the molecule is Cn1c(CO)cnc1SCC(=O)N1CCCCCCC1. The molecule has 1 amide bonds. The van der Waals surface area contributed by atoms with E-state index in [9.17, 15) is 4.79 Å². The summed E-state index contributed by atoms with van der Waals surface area (Å²) in [4.78, 5) is 18.5. The van der Waals surface area contributed by atoms with Gasteiger partial charge in [0, 0.05) is 20.1 Å². The largest absolute Gasteiger partial charge is 0.390 e. The minimum absolute atomic E-state index is 0.0237. The molecule has 112 valence electrons. The van der Waals surface area contributed by atoms with Crippen LogP contribution in [0, 0.1) is 0 Å². The number of aromatic nitrogens is 2. The zero-order valence-electron chi connectivity index (χ0n) is 12.0. The predicted octanol–water partition coefficient (Wildman–Crippen LogP) is 1.80. The predicted molar refractivity (Wildman–Crippen MR) is 79.5 cm³/mol. The molecule has 0 aromatic carbocycles. The number of nitrogens with zero attached hydrogens (tertiary/aromatic N) is 3. The van der Waals surface area contributed by atoms with E-state index in [1.807, 2.05) is 16.5 Å². The van der Waals surface area contributed by atoms with Crippen LogP contribution in [0.1, 0.15) is 37.8 Å². The Morgan fingerprint density at radius 3 is 2.55 bits per heavy atom. The third-order valence-corrected chi connectivity index (χ3v) is 4.77. The lowest BCUT2D eigenvalue weighted by Gasteiger charge is -2.24. The van der Waals surface area contributed by atoms with Crippen LogP contribution in [0.4, 0.5) is 0 Å². The molecule has 1 N–H and O–H groups in total. The molecule has 1 aliphatic rings. The zero-order chi connectivity index (χ0) is 14.4. The van der Waals surface area contributed by atoms with Gasteiger partial charge in [0.25, 0.3) is 0 Å². The van der Waals surface area contributed by atoms with Gasteiger partial charge in [-0.1, -0.05) is 31.0 Å². The molecular weight excluding hydrogens is 274 g/mol. The van der Waals surface area contributed by atoms with E-state index in [-0.39, 0.29) is 12.5 Å². The van der Waals surface area contributed by atoms with Gasteiger partial charge in [-0.15, -0.1) is 0 Å². The van der Waals surface area contributed by atoms with Crippen molar-refractivity contribution in [2.75, 3.05) is 18.8 Å². The Hall–Kier alpha value is -1.01. The number of hydrogen-bond donors (Lipinski definition) is 1. The molecule has 1 aliphatic heterocycles. The third-order valence-electron chi connectivity index (χ3n) is 3.74. The summed E-state index contributed by atoms with van der Waals surface area (Å²) in [5.74, 6) is 0.626.